The van der Waals surface area contributed by atoms with Crippen molar-refractivity contribution in [3.63, 3.8) is 0 Å². The summed E-state index contributed by atoms with van der Waals surface area (Å²) in [6.07, 6.45) is 0.476. The molecule has 170 valence electrons. The number of likely N-dealkylation sites (tertiary alicyclic amines) is 1. The molecule has 7 nitrogen and oxygen atoms in total. The summed E-state index contributed by atoms with van der Waals surface area (Å²) in [5.41, 5.74) is 1.89. The van der Waals surface area contributed by atoms with Gasteiger partial charge in [-0.3, -0.25) is 9.59 Å². The molecule has 2 aliphatic heterocycles. The van der Waals surface area contributed by atoms with Gasteiger partial charge in [0.2, 0.25) is 18.6 Å². The lowest BCUT2D eigenvalue weighted by atomic mass is 9.87. The van der Waals surface area contributed by atoms with Crippen molar-refractivity contribution in [2.75, 3.05) is 27.0 Å². The predicted octanol–water partition coefficient (Wildman–Crippen LogP) is 3.33. The lowest BCUT2D eigenvalue weighted by Gasteiger charge is -2.20. The molecule has 2 heterocycles. The summed E-state index contributed by atoms with van der Waals surface area (Å²) in [5.74, 6) is 1.96. The van der Waals surface area contributed by atoms with E-state index in [0.29, 0.717) is 37.6 Å². The molecule has 1 fully saturated rings. The molecule has 2 aromatic carbocycles. The minimum atomic E-state index is -0.351. The van der Waals surface area contributed by atoms with Gasteiger partial charge in [-0.2, -0.15) is 0 Å². The van der Waals surface area contributed by atoms with Crippen LogP contribution in [0.25, 0.3) is 0 Å². The van der Waals surface area contributed by atoms with Crippen molar-refractivity contribution in [3.8, 4) is 17.2 Å². The number of hydrogen-bond acceptors (Lipinski definition) is 5. The number of nitrogens with one attached hydrogen (secondary N) is 1. The molecule has 2 aliphatic rings. The van der Waals surface area contributed by atoms with E-state index in [4.69, 9.17) is 14.2 Å². The van der Waals surface area contributed by atoms with Gasteiger partial charge < -0.3 is 24.4 Å². The van der Waals surface area contributed by atoms with E-state index in [1.807, 2.05) is 61.2 Å². The third-order valence-corrected chi connectivity index (χ3v) is 6.03. The molecule has 4 rings (SSSR count). The average molecular weight is 439 g/mol. The van der Waals surface area contributed by atoms with Gasteiger partial charge in [0.05, 0.1) is 13.0 Å². The Kier molecular flexibility index (Phi) is 6.53. The Hall–Kier alpha value is -3.22. The Morgan fingerprint density at radius 1 is 1.12 bits per heavy atom. The first-order valence-corrected chi connectivity index (χ1v) is 11.0. The van der Waals surface area contributed by atoms with Crippen LogP contribution in [0.5, 0.6) is 17.2 Å². The highest BCUT2D eigenvalue weighted by molar-refractivity contribution is 5.83. The Labute approximate surface area is 188 Å². The molecule has 0 radical (unpaired) electrons. The van der Waals surface area contributed by atoms with Gasteiger partial charge in [-0.15, -0.1) is 0 Å². The Morgan fingerprint density at radius 3 is 2.69 bits per heavy atom. The van der Waals surface area contributed by atoms with Gasteiger partial charge in [0.15, 0.2) is 11.5 Å². The number of carbonyl (C=O) groups excluding carboxylic acids is 2. The average Bonchev–Trinajstić information content (AvgIpc) is 3.44. The van der Waals surface area contributed by atoms with E-state index in [1.165, 1.54) is 0 Å². The summed E-state index contributed by atoms with van der Waals surface area (Å²) in [6.45, 7) is 5.57. The molecular formula is C25H30N2O5. The number of nitrogens with zero attached hydrogens (tertiary/aromatic N) is 1. The van der Waals surface area contributed by atoms with E-state index in [0.717, 1.165) is 16.9 Å². The fraction of sp³-hybridized carbons (Fsp3) is 0.440. The molecule has 0 saturated carbocycles. The van der Waals surface area contributed by atoms with Gasteiger partial charge in [-0.1, -0.05) is 38.1 Å². The number of ether oxygens (including phenoxy) is 3. The van der Waals surface area contributed by atoms with Gasteiger partial charge in [0.1, 0.15) is 5.75 Å². The van der Waals surface area contributed by atoms with Crippen LogP contribution >= 0.6 is 0 Å². The summed E-state index contributed by atoms with van der Waals surface area (Å²) in [6, 6.07) is 13.4. The third-order valence-electron chi connectivity index (χ3n) is 6.03. The number of amides is 2. The summed E-state index contributed by atoms with van der Waals surface area (Å²) >= 11 is 0. The molecule has 7 heteroatoms. The number of para-hydroxylation sites is 1. The number of hydrogen-bond donors (Lipinski definition) is 1. The third kappa shape index (κ3) is 4.66. The van der Waals surface area contributed by atoms with E-state index in [1.54, 1.807) is 7.11 Å². The van der Waals surface area contributed by atoms with E-state index in [2.05, 4.69) is 5.32 Å². The van der Waals surface area contributed by atoms with Crippen molar-refractivity contribution >= 4 is 11.8 Å². The zero-order valence-electron chi connectivity index (χ0n) is 18.8. The molecule has 0 unspecified atom stereocenters. The van der Waals surface area contributed by atoms with Gasteiger partial charge in [0, 0.05) is 32.0 Å². The number of methoxy groups -OCH3 is 1. The van der Waals surface area contributed by atoms with Gasteiger partial charge in [-0.25, -0.2) is 0 Å². The molecule has 1 N–H and O–H groups in total. The maximum absolute atomic E-state index is 13.3. The summed E-state index contributed by atoms with van der Waals surface area (Å²) in [4.78, 5) is 27.9. The van der Waals surface area contributed by atoms with E-state index in [9.17, 15) is 9.59 Å². The van der Waals surface area contributed by atoms with Crippen LogP contribution in [0.2, 0.25) is 0 Å². The van der Waals surface area contributed by atoms with Crippen LogP contribution in [0, 0.1) is 11.8 Å². The largest absolute Gasteiger partial charge is 0.496 e. The maximum atomic E-state index is 13.3. The maximum Gasteiger partial charge on any atom is 0.231 e. The minimum Gasteiger partial charge on any atom is -0.496 e. The fourth-order valence-corrected chi connectivity index (χ4v) is 4.41. The van der Waals surface area contributed by atoms with Crippen LogP contribution in [0.1, 0.15) is 37.3 Å². The second kappa shape index (κ2) is 9.51. The van der Waals surface area contributed by atoms with Crippen molar-refractivity contribution in [1.29, 1.82) is 0 Å². The molecule has 1 saturated heterocycles. The summed E-state index contributed by atoms with van der Waals surface area (Å²) < 4.78 is 16.3. The van der Waals surface area contributed by atoms with E-state index >= 15 is 0 Å². The topological polar surface area (TPSA) is 77.1 Å². The van der Waals surface area contributed by atoms with Crippen molar-refractivity contribution in [1.82, 2.24) is 10.2 Å². The SMILES string of the molecule is COc1ccccc1[C@@H]1CN(C(=O)CC(C)C)C[C@@H]1C(=O)NCc1ccc2c(c1)OCO2. The number of fused-ring (bicyclic) bond motifs is 1. The zero-order chi connectivity index (χ0) is 22.7. The van der Waals surface area contributed by atoms with E-state index < -0.39 is 0 Å². The van der Waals surface area contributed by atoms with E-state index in [-0.39, 0.29) is 36.4 Å². The Bertz CT molecular complexity index is 990. The first-order chi connectivity index (χ1) is 15.5. The fourth-order valence-electron chi connectivity index (χ4n) is 4.41. The van der Waals surface area contributed by atoms with Gasteiger partial charge in [-0.05, 0) is 35.2 Å². The quantitative estimate of drug-likeness (QED) is 0.718. The van der Waals surface area contributed by atoms with Crippen molar-refractivity contribution in [2.24, 2.45) is 11.8 Å². The highest BCUT2D eigenvalue weighted by Gasteiger charge is 2.41. The second-order valence-electron chi connectivity index (χ2n) is 8.76. The van der Waals surface area contributed by atoms with Gasteiger partial charge >= 0.3 is 0 Å². The second-order valence-corrected chi connectivity index (χ2v) is 8.76. The molecule has 0 bridgehead atoms. The number of carbonyl (C=O) groups is 2. The van der Waals surface area contributed by atoms with Crippen LogP contribution in [0.3, 0.4) is 0 Å². The molecule has 2 aromatic rings. The molecule has 0 spiro atoms. The predicted molar refractivity (Wildman–Crippen MR) is 120 cm³/mol. The van der Waals surface area contributed by atoms with Crippen LogP contribution in [0.15, 0.2) is 42.5 Å². The monoisotopic (exact) mass is 438 g/mol. The summed E-state index contributed by atoms with van der Waals surface area (Å²) in [5, 5.41) is 3.06. The highest BCUT2D eigenvalue weighted by atomic mass is 16.7. The standard InChI is InChI=1S/C25H30N2O5/c1-16(2)10-24(28)27-13-19(18-6-4-5-7-21(18)30-3)20(14-27)25(29)26-12-17-8-9-22-23(11-17)32-15-31-22/h4-9,11,16,19-20H,10,12-15H2,1-3H3,(H,26,29)/t19-,20-/m0/s1. The lowest BCUT2D eigenvalue weighted by molar-refractivity contribution is -0.131. The molecule has 2 amide bonds. The lowest BCUT2D eigenvalue weighted by Crippen LogP contribution is -2.35. The van der Waals surface area contributed by atoms with Crippen LogP contribution in [-0.2, 0) is 16.1 Å². The normalized spacial score (nSPS) is 19.3. The Morgan fingerprint density at radius 2 is 1.91 bits per heavy atom. The molecule has 32 heavy (non-hydrogen) atoms. The van der Waals surface area contributed by atoms with Crippen molar-refractivity contribution < 1.29 is 23.8 Å². The Balaban J connectivity index is 1.51. The van der Waals surface area contributed by atoms with Crippen molar-refractivity contribution in [3.05, 3.63) is 53.6 Å². The first-order valence-electron chi connectivity index (χ1n) is 11.0. The van der Waals surface area contributed by atoms with Crippen LogP contribution in [-0.4, -0.2) is 43.7 Å². The summed E-state index contributed by atoms with van der Waals surface area (Å²) in [7, 11) is 1.63. The molecule has 0 aliphatic carbocycles. The zero-order valence-corrected chi connectivity index (χ0v) is 18.8. The highest BCUT2D eigenvalue weighted by Crippen LogP contribution is 2.38. The van der Waals surface area contributed by atoms with Crippen LogP contribution < -0.4 is 19.5 Å². The van der Waals surface area contributed by atoms with Crippen molar-refractivity contribution in [2.45, 2.75) is 32.7 Å². The minimum absolute atomic E-state index is 0.0709. The smallest absolute Gasteiger partial charge is 0.231 e. The molecule has 0 aromatic heterocycles. The van der Waals surface area contributed by atoms with Crippen LogP contribution in [0.4, 0.5) is 0 Å². The first kappa shape index (κ1) is 22.0. The number of rotatable bonds is 7. The van der Waals surface area contributed by atoms with Gasteiger partial charge in [0.25, 0.3) is 0 Å². The number of benzene rings is 2. The molecule has 2 atom stereocenters. The molecular weight excluding hydrogens is 408 g/mol.